The highest BCUT2D eigenvalue weighted by Gasteiger charge is 2.25. The van der Waals surface area contributed by atoms with Crippen LogP contribution in [0.1, 0.15) is 29.8 Å². The molecular weight excluding hydrogens is 340 g/mol. The zero-order valence-corrected chi connectivity index (χ0v) is 15.1. The van der Waals surface area contributed by atoms with Crippen LogP contribution >= 0.6 is 11.6 Å². The van der Waals surface area contributed by atoms with E-state index in [1.165, 1.54) is 6.07 Å². The minimum absolute atomic E-state index is 0.102. The summed E-state index contributed by atoms with van der Waals surface area (Å²) in [6.45, 7) is 5.45. The number of halogens is 1. The summed E-state index contributed by atoms with van der Waals surface area (Å²) in [6.07, 6.45) is 0. The first-order chi connectivity index (χ1) is 11.8. The van der Waals surface area contributed by atoms with Crippen molar-refractivity contribution in [2.24, 2.45) is 5.92 Å². The molecule has 1 unspecified atom stereocenters. The number of carbonyl (C=O) groups excluding carboxylic acids is 2. The Morgan fingerprint density at radius 3 is 2.28 bits per heavy atom. The van der Waals surface area contributed by atoms with Crippen molar-refractivity contribution in [3.05, 3.63) is 58.6 Å². The lowest BCUT2D eigenvalue weighted by Crippen LogP contribution is -2.47. The van der Waals surface area contributed by atoms with E-state index in [9.17, 15) is 14.7 Å². The molecule has 0 aliphatic rings. The van der Waals surface area contributed by atoms with Crippen molar-refractivity contribution >= 4 is 29.1 Å². The SMILES string of the molecule is Cc1cc(NC(=O)C(NC(=O)c2ccc(Cl)cc2)C(C)C)ccc1O. The third-order valence-electron chi connectivity index (χ3n) is 3.81. The first-order valence-electron chi connectivity index (χ1n) is 7.95. The van der Waals surface area contributed by atoms with Crippen LogP contribution in [0.15, 0.2) is 42.5 Å². The predicted molar refractivity (Wildman–Crippen MR) is 99.0 cm³/mol. The van der Waals surface area contributed by atoms with Gasteiger partial charge in [-0.1, -0.05) is 25.4 Å². The third-order valence-corrected chi connectivity index (χ3v) is 4.06. The van der Waals surface area contributed by atoms with Crippen LogP contribution in [0.2, 0.25) is 5.02 Å². The van der Waals surface area contributed by atoms with Gasteiger partial charge in [-0.3, -0.25) is 9.59 Å². The smallest absolute Gasteiger partial charge is 0.251 e. The fourth-order valence-electron chi connectivity index (χ4n) is 2.31. The second kappa shape index (κ2) is 8.03. The maximum atomic E-state index is 12.6. The van der Waals surface area contributed by atoms with Crippen LogP contribution < -0.4 is 10.6 Å². The fraction of sp³-hybridized carbons (Fsp3) is 0.263. The molecule has 0 fully saturated rings. The maximum Gasteiger partial charge on any atom is 0.251 e. The van der Waals surface area contributed by atoms with Crippen molar-refractivity contribution in [3.63, 3.8) is 0 Å². The number of hydrogen-bond acceptors (Lipinski definition) is 3. The number of amides is 2. The molecule has 0 saturated carbocycles. The molecule has 2 rings (SSSR count). The Kier molecular flexibility index (Phi) is 6.04. The van der Waals surface area contributed by atoms with E-state index in [-0.39, 0.29) is 23.5 Å². The van der Waals surface area contributed by atoms with Gasteiger partial charge in [-0.05, 0) is 60.9 Å². The Hall–Kier alpha value is -2.53. The highest BCUT2D eigenvalue weighted by Crippen LogP contribution is 2.20. The molecule has 0 bridgehead atoms. The van der Waals surface area contributed by atoms with E-state index in [1.807, 2.05) is 13.8 Å². The number of benzene rings is 2. The quantitative estimate of drug-likeness (QED) is 0.710. The average Bonchev–Trinajstić information content (AvgIpc) is 2.56. The van der Waals surface area contributed by atoms with Crippen LogP contribution in [0.3, 0.4) is 0 Å². The summed E-state index contributed by atoms with van der Waals surface area (Å²) in [5, 5.41) is 15.6. The minimum atomic E-state index is -0.697. The number of hydrogen-bond donors (Lipinski definition) is 3. The number of anilines is 1. The predicted octanol–water partition coefficient (Wildman–Crippen LogP) is 3.75. The van der Waals surface area contributed by atoms with Crippen LogP contribution in [0, 0.1) is 12.8 Å². The highest BCUT2D eigenvalue weighted by atomic mass is 35.5. The van der Waals surface area contributed by atoms with Gasteiger partial charge >= 0.3 is 0 Å². The second-order valence-corrected chi connectivity index (χ2v) is 6.63. The number of rotatable bonds is 5. The van der Waals surface area contributed by atoms with Crippen molar-refractivity contribution in [3.8, 4) is 5.75 Å². The molecule has 2 amide bonds. The molecule has 1 atom stereocenters. The number of nitrogens with one attached hydrogen (secondary N) is 2. The zero-order chi connectivity index (χ0) is 18.6. The molecule has 0 aromatic heterocycles. The molecule has 2 aromatic carbocycles. The van der Waals surface area contributed by atoms with Gasteiger partial charge in [0.05, 0.1) is 0 Å². The molecule has 0 heterocycles. The van der Waals surface area contributed by atoms with Crippen molar-refractivity contribution < 1.29 is 14.7 Å². The summed E-state index contributed by atoms with van der Waals surface area (Å²) in [5.74, 6) is -0.598. The number of aromatic hydroxyl groups is 1. The Bertz CT molecular complexity index is 773. The van der Waals surface area contributed by atoms with Gasteiger partial charge < -0.3 is 15.7 Å². The minimum Gasteiger partial charge on any atom is -0.508 e. The van der Waals surface area contributed by atoms with Crippen molar-refractivity contribution in [1.82, 2.24) is 5.32 Å². The number of phenolic OH excluding ortho intramolecular Hbond substituents is 1. The lowest BCUT2D eigenvalue weighted by atomic mass is 10.0. The summed E-state index contributed by atoms with van der Waals surface area (Å²) < 4.78 is 0. The molecule has 0 radical (unpaired) electrons. The van der Waals surface area contributed by atoms with Crippen LogP contribution in [-0.4, -0.2) is 23.0 Å². The summed E-state index contributed by atoms with van der Waals surface area (Å²) in [7, 11) is 0. The summed E-state index contributed by atoms with van der Waals surface area (Å²) in [4.78, 5) is 24.9. The first-order valence-corrected chi connectivity index (χ1v) is 8.32. The molecule has 0 saturated heterocycles. The van der Waals surface area contributed by atoms with E-state index in [1.54, 1.807) is 43.3 Å². The zero-order valence-electron chi connectivity index (χ0n) is 14.3. The Morgan fingerprint density at radius 2 is 1.72 bits per heavy atom. The number of aryl methyl sites for hydroxylation is 1. The van der Waals surface area contributed by atoms with Crippen LogP contribution in [-0.2, 0) is 4.79 Å². The Morgan fingerprint density at radius 1 is 1.08 bits per heavy atom. The molecule has 25 heavy (non-hydrogen) atoms. The molecule has 5 nitrogen and oxygen atoms in total. The van der Waals surface area contributed by atoms with E-state index >= 15 is 0 Å². The van der Waals surface area contributed by atoms with Gasteiger partial charge in [-0.15, -0.1) is 0 Å². The van der Waals surface area contributed by atoms with Gasteiger partial charge in [0.2, 0.25) is 5.91 Å². The topological polar surface area (TPSA) is 78.4 Å². The molecule has 132 valence electrons. The molecule has 0 spiro atoms. The highest BCUT2D eigenvalue weighted by molar-refractivity contribution is 6.30. The number of phenols is 1. The molecule has 3 N–H and O–H groups in total. The van der Waals surface area contributed by atoms with E-state index < -0.39 is 6.04 Å². The Balaban J connectivity index is 2.11. The third kappa shape index (κ3) is 4.97. The lowest BCUT2D eigenvalue weighted by molar-refractivity contribution is -0.118. The molecule has 0 aliphatic carbocycles. The van der Waals surface area contributed by atoms with Crippen LogP contribution in [0.25, 0.3) is 0 Å². The normalized spacial score (nSPS) is 11.9. The van der Waals surface area contributed by atoms with Crippen molar-refractivity contribution in [2.75, 3.05) is 5.32 Å². The molecule has 2 aromatic rings. The van der Waals surface area contributed by atoms with E-state index in [0.717, 1.165) is 0 Å². The van der Waals surface area contributed by atoms with Gasteiger partial charge in [-0.25, -0.2) is 0 Å². The summed E-state index contributed by atoms with van der Waals surface area (Å²) in [6, 6.07) is 10.6. The summed E-state index contributed by atoms with van der Waals surface area (Å²) in [5.41, 5.74) is 1.65. The average molecular weight is 361 g/mol. The molecular formula is C19H21ClN2O3. The number of carbonyl (C=O) groups is 2. The lowest BCUT2D eigenvalue weighted by Gasteiger charge is -2.22. The Labute approximate surface area is 152 Å². The van der Waals surface area contributed by atoms with E-state index in [0.29, 0.717) is 21.8 Å². The standard InChI is InChI=1S/C19H21ClN2O3/c1-11(2)17(22-18(24)13-4-6-14(20)7-5-13)19(25)21-15-8-9-16(23)12(3)10-15/h4-11,17,23H,1-3H3,(H,21,25)(H,22,24). The second-order valence-electron chi connectivity index (χ2n) is 6.19. The van der Waals surface area contributed by atoms with Gasteiger partial charge in [0.25, 0.3) is 5.91 Å². The molecule has 6 heteroatoms. The molecule has 0 aliphatic heterocycles. The van der Waals surface area contributed by atoms with Gasteiger partial charge in [0.1, 0.15) is 11.8 Å². The largest absolute Gasteiger partial charge is 0.508 e. The van der Waals surface area contributed by atoms with Gasteiger partial charge in [-0.2, -0.15) is 0 Å². The van der Waals surface area contributed by atoms with E-state index in [4.69, 9.17) is 11.6 Å². The first kappa shape index (κ1) is 18.8. The van der Waals surface area contributed by atoms with Crippen molar-refractivity contribution in [2.45, 2.75) is 26.8 Å². The van der Waals surface area contributed by atoms with Crippen LogP contribution in [0.5, 0.6) is 5.75 Å². The van der Waals surface area contributed by atoms with E-state index in [2.05, 4.69) is 10.6 Å². The van der Waals surface area contributed by atoms with Gasteiger partial charge in [0, 0.05) is 16.3 Å². The van der Waals surface area contributed by atoms with Crippen molar-refractivity contribution in [1.29, 1.82) is 0 Å². The monoisotopic (exact) mass is 360 g/mol. The van der Waals surface area contributed by atoms with Gasteiger partial charge in [0.15, 0.2) is 0 Å². The maximum absolute atomic E-state index is 12.6. The summed E-state index contributed by atoms with van der Waals surface area (Å²) >= 11 is 5.82. The van der Waals surface area contributed by atoms with Crippen LogP contribution in [0.4, 0.5) is 5.69 Å². The fourth-order valence-corrected chi connectivity index (χ4v) is 2.44.